The average Bonchev–Trinajstić information content (AvgIpc) is 2.44. The molecule has 1 fully saturated rings. The third-order valence-corrected chi connectivity index (χ3v) is 5.34. The van der Waals surface area contributed by atoms with Crippen LogP contribution in [0, 0.1) is 17.8 Å². The van der Waals surface area contributed by atoms with Gasteiger partial charge in [-0.15, -0.1) is 0 Å². The van der Waals surface area contributed by atoms with Gasteiger partial charge < -0.3 is 5.73 Å². The van der Waals surface area contributed by atoms with Crippen molar-refractivity contribution in [2.75, 3.05) is 0 Å². The molecule has 0 radical (unpaired) electrons. The van der Waals surface area contributed by atoms with Gasteiger partial charge in [-0.2, -0.15) is 0 Å². The Morgan fingerprint density at radius 1 is 1.00 bits per heavy atom. The van der Waals surface area contributed by atoms with Crippen LogP contribution in [0.25, 0.3) is 0 Å². The van der Waals surface area contributed by atoms with Crippen LogP contribution in [0.1, 0.15) is 91.4 Å². The van der Waals surface area contributed by atoms with Crippen LogP contribution in [0.4, 0.5) is 0 Å². The Morgan fingerprint density at radius 3 is 2.21 bits per heavy atom. The van der Waals surface area contributed by atoms with Crippen molar-refractivity contribution in [1.29, 1.82) is 0 Å². The minimum absolute atomic E-state index is 0.476. The van der Waals surface area contributed by atoms with E-state index in [0.29, 0.717) is 6.04 Å². The Labute approximate surface area is 121 Å². The number of rotatable bonds is 9. The van der Waals surface area contributed by atoms with E-state index in [-0.39, 0.29) is 0 Å². The standard InChI is InChI=1S/C18H37N/c1-4-7-9-15(6-3)14-18(19)17-12-10-16(8-5-2)11-13-17/h15-18H,4-14,19H2,1-3H3. The number of hydrogen-bond donors (Lipinski definition) is 1. The van der Waals surface area contributed by atoms with Gasteiger partial charge in [-0.25, -0.2) is 0 Å². The zero-order chi connectivity index (χ0) is 14.1. The fourth-order valence-corrected chi connectivity index (χ4v) is 3.87. The molecule has 2 atom stereocenters. The molecule has 0 saturated heterocycles. The highest BCUT2D eigenvalue weighted by molar-refractivity contribution is 4.81. The van der Waals surface area contributed by atoms with E-state index in [2.05, 4.69) is 20.8 Å². The predicted octanol–water partition coefficient (Wildman–Crippen LogP) is 5.53. The summed E-state index contributed by atoms with van der Waals surface area (Å²) in [6.45, 7) is 6.95. The van der Waals surface area contributed by atoms with E-state index in [1.807, 2.05) is 0 Å². The molecule has 1 rings (SSSR count). The molecule has 0 aromatic rings. The monoisotopic (exact) mass is 267 g/mol. The summed E-state index contributed by atoms with van der Waals surface area (Å²) >= 11 is 0. The lowest BCUT2D eigenvalue weighted by molar-refractivity contribution is 0.212. The maximum Gasteiger partial charge on any atom is 0.00698 e. The van der Waals surface area contributed by atoms with Crippen LogP contribution in [-0.4, -0.2) is 6.04 Å². The first-order valence-corrected chi connectivity index (χ1v) is 8.96. The van der Waals surface area contributed by atoms with E-state index in [1.165, 1.54) is 70.6 Å². The molecule has 0 amide bonds. The van der Waals surface area contributed by atoms with Crippen molar-refractivity contribution in [2.24, 2.45) is 23.5 Å². The smallest absolute Gasteiger partial charge is 0.00698 e. The molecule has 0 heterocycles. The van der Waals surface area contributed by atoms with Crippen molar-refractivity contribution >= 4 is 0 Å². The van der Waals surface area contributed by atoms with Crippen LogP contribution in [0.2, 0.25) is 0 Å². The lowest BCUT2D eigenvalue weighted by Crippen LogP contribution is -2.34. The van der Waals surface area contributed by atoms with Gasteiger partial charge in [-0.1, -0.05) is 72.1 Å². The van der Waals surface area contributed by atoms with Gasteiger partial charge in [0.1, 0.15) is 0 Å². The molecule has 1 heteroatoms. The second-order valence-corrected chi connectivity index (χ2v) is 6.89. The van der Waals surface area contributed by atoms with Gasteiger partial charge in [0, 0.05) is 6.04 Å². The summed E-state index contributed by atoms with van der Waals surface area (Å²) < 4.78 is 0. The number of nitrogens with two attached hydrogens (primary N) is 1. The summed E-state index contributed by atoms with van der Waals surface area (Å²) in [6, 6.07) is 0.476. The van der Waals surface area contributed by atoms with Crippen molar-refractivity contribution in [3.05, 3.63) is 0 Å². The molecule has 0 aromatic heterocycles. The summed E-state index contributed by atoms with van der Waals surface area (Å²) in [7, 11) is 0. The molecule has 1 aliphatic rings. The van der Waals surface area contributed by atoms with Crippen LogP contribution in [0.5, 0.6) is 0 Å². The van der Waals surface area contributed by atoms with Gasteiger partial charge in [-0.3, -0.25) is 0 Å². The molecule has 0 bridgehead atoms. The van der Waals surface area contributed by atoms with Crippen molar-refractivity contribution in [3.63, 3.8) is 0 Å². The van der Waals surface area contributed by atoms with E-state index in [1.54, 1.807) is 0 Å². The van der Waals surface area contributed by atoms with Crippen LogP contribution < -0.4 is 5.73 Å². The maximum absolute atomic E-state index is 6.52. The number of hydrogen-bond acceptors (Lipinski definition) is 1. The summed E-state index contributed by atoms with van der Waals surface area (Å²) in [5.74, 6) is 2.71. The van der Waals surface area contributed by atoms with Gasteiger partial charge in [0.05, 0.1) is 0 Å². The highest BCUT2D eigenvalue weighted by atomic mass is 14.7. The zero-order valence-electron chi connectivity index (χ0n) is 13.7. The molecule has 0 aliphatic heterocycles. The SMILES string of the molecule is CCCCC(CC)CC(N)C1CCC(CCC)CC1. The largest absolute Gasteiger partial charge is 0.327 e. The van der Waals surface area contributed by atoms with Crippen molar-refractivity contribution in [1.82, 2.24) is 0 Å². The molecule has 1 nitrogen and oxygen atoms in total. The second-order valence-electron chi connectivity index (χ2n) is 6.89. The lowest BCUT2D eigenvalue weighted by Gasteiger charge is -2.33. The molecular weight excluding hydrogens is 230 g/mol. The normalized spacial score (nSPS) is 27.2. The molecule has 2 N–H and O–H groups in total. The predicted molar refractivity (Wildman–Crippen MR) is 86.3 cm³/mol. The highest BCUT2D eigenvalue weighted by Crippen LogP contribution is 2.34. The van der Waals surface area contributed by atoms with Crippen LogP contribution >= 0.6 is 0 Å². The fraction of sp³-hybridized carbons (Fsp3) is 1.00. The van der Waals surface area contributed by atoms with Gasteiger partial charge in [0.2, 0.25) is 0 Å². The summed E-state index contributed by atoms with van der Waals surface area (Å²) in [4.78, 5) is 0. The fourth-order valence-electron chi connectivity index (χ4n) is 3.87. The minimum atomic E-state index is 0.476. The van der Waals surface area contributed by atoms with E-state index in [9.17, 15) is 0 Å². The van der Waals surface area contributed by atoms with Crippen molar-refractivity contribution in [2.45, 2.75) is 97.4 Å². The first-order chi connectivity index (χ1) is 9.21. The van der Waals surface area contributed by atoms with Crippen molar-refractivity contribution < 1.29 is 0 Å². The van der Waals surface area contributed by atoms with Crippen LogP contribution in [-0.2, 0) is 0 Å². The second kappa shape index (κ2) is 9.80. The van der Waals surface area contributed by atoms with Crippen molar-refractivity contribution in [3.8, 4) is 0 Å². The lowest BCUT2D eigenvalue weighted by atomic mass is 9.75. The molecule has 0 aromatic carbocycles. The van der Waals surface area contributed by atoms with Crippen LogP contribution in [0.15, 0.2) is 0 Å². The molecule has 1 saturated carbocycles. The summed E-state index contributed by atoms with van der Waals surface area (Å²) in [5.41, 5.74) is 6.52. The third-order valence-electron chi connectivity index (χ3n) is 5.34. The average molecular weight is 268 g/mol. The van der Waals surface area contributed by atoms with E-state index in [0.717, 1.165) is 17.8 Å². The molecule has 19 heavy (non-hydrogen) atoms. The maximum atomic E-state index is 6.52. The Morgan fingerprint density at radius 2 is 1.68 bits per heavy atom. The molecule has 2 unspecified atom stereocenters. The minimum Gasteiger partial charge on any atom is -0.327 e. The third kappa shape index (κ3) is 6.29. The Balaban J connectivity index is 2.27. The molecule has 1 aliphatic carbocycles. The van der Waals surface area contributed by atoms with E-state index >= 15 is 0 Å². The summed E-state index contributed by atoms with van der Waals surface area (Å²) in [6.07, 6.45) is 15.2. The Bertz CT molecular complexity index is 206. The van der Waals surface area contributed by atoms with Gasteiger partial charge >= 0.3 is 0 Å². The van der Waals surface area contributed by atoms with Gasteiger partial charge in [-0.05, 0) is 37.0 Å². The topological polar surface area (TPSA) is 26.0 Å². The molecular formula is C18H37N. The number of unbranched alkanes of at least 4 members (excludes halogenated alkanes) is 1. The zero-order valence-corrected chi connectivity index (χ0v) is 13.7. The first kappa shape index (κ1) is 17.0. The highest BCUT2D eigenvalue weighted by Gasteiger charge is 2.26. The first-order valence-electron chi connectivity index (χ1n) is 8.96. The molecule has 114 valence electrons. The quantitative estimate of drug-likeness (QED) is 0.584. The van der Waals surface area contributed by atoms with Gasteiger partial charge in [0.25, 0.3) is 0 Å². The van der Waals surface area contributed by atoms with E-state index < -0.39 is 0 Å². The molecule has 0 spiro atoms. The van der Waals surface area contributed by atoms with E-state index in [4.69, 9.17) is 5.73 Å². The van der Waals surface area contributed by atoms with Crippen LogP contribution in [0.3, 0.4) is 0 Å². The summed E-state index contributed by atoms with van der Waals surface area (Å²) in [5, 5.41) is 0. The Kier molecular flexibility index (Phi) is 8.77. The van der Waals surface area contributed by atoms with Gasteiger partial charge in [0.15, 0.2) is 0 Å². The Hall–Kier alpha value is -0.0400.